The summed E-state index contributed by atoms with van der Waals surface area (Å²) in [6.45, 7) is 0.0221. The summed E-state index contributed by atoms with van der Waals surface area (Å²) in [6.07, 6.45) is -1.21. The van der Waals surface area contributed by atoms with Crippen LogP contribution in [0.15, 0.2) is 30.3 Å². The van der Waals surface area contributed by atoms with Crippen molar-refractivity contribution in [3.05, 3.63) is 47.3 Å². The van der Waals surface area contributed by atoms with Crippen molar-refractivity contribution in [3.8, 4) is 11.8 Å². The number of alkyl halides is 3. The molecule has 0 saturated heterocycles. The van der Waals surface area contributed by atoms with Crippen molar-refractivity contribution in [3.63, 3.8) is 0 Å². The van der Waals surface area contributed by atoms with Gasteiger partial charge in [-0.15, -0.1) is 0 Å². The first-order chi connectivity index (χ1) is 14.3. The molecule has 0 radical (unpaired) electrons. The van der Waals surface area contributed by atoms with Crippen molar-refractivity contribution in [2.75, 3.05) is 14.2 Å². The Bertz CT molecular complexity index is 867. The summed E-state index contributed by atoms with van der Waals surface area (Å²) in [4.78, 5) is 21.7. The lowest BCUT2D eigenvalue weighted by Gasteiger charge is -2.29. The summed E-state index contributed by atoms with van der Waals surface area (Å²) in [7, 11) is 2.98. The van der Waals surface area contributed by atoms with Gasteiger partial charge in [0.05, 0.1) is 25.8 Å². The van der Waals surface area contributed by atoms with E-state index in [4.69, 9.17) is 9.47 Å². The van der Waals surface area contributed by atoms with Crippen LogP contribution in [0.5, 0.6) is 11.8 Å². The quantitative estimate of drug-likeness (QED) is 0.757. The van der Waals surface area contributed by atoms with E-state index in [1.54, 1.807) is 12.1 Å². The topological polar surface area (TPSA) is 73.3 Å². The van der Waals surface area contributed by atoms with Gasteiger partial charge in [0.15, 0.2) is 0 Å². The Kier molecular flexibility index (Phi) is 6.79. The minimum absolute atomic E-state index is 0.0221. The largest absolute Gasteiger partial charge is 0.481 e. The Morgan fingerprint density at radius 1 is 1.10 bits per heavy atom. The van der Waals surface area contributed by atoms with Crippen LogP contribution >= 0.6 is 0 Å². The summed E-state index contributed by atoms with van der Waals surface area (Å²) in [5, 5.41) is 2.78. The Morgan fingerprint density at radius 2 is 1.77 bits per heavy atom. The minimum atomic E-state index is -4.42. The predicted molar refractivity (Wildman–Crippen MR) is 103 cm³/mol. The second-order valence-electron chi connectivity index (χ2n) is 7.22. The number of nitrogens with one attached hydrogen (secondary N) is 1. The van der Waals surface area contributed by atoms with Gasteiger partial charge in [-0.1, -0.05) is 25.0 Å². The molecule has 1 heterocycles. The van der Waals surface area contributed by atoms with Crippen LogP contribution in [0.1, 0.15) is 48.6 Å². The number of amides is 1. The molecular weight excluding hydrogens is 399 g/mol. The van der Waals surface area contributed by atoms with Gasteiger partial charge in [0.1, 0.15) is 5.82 Å². The fraction of sp³-hybridized carbons (Fsp3) is 0.476. The second-order valence-corrected chi connectivity index (χ2v) is 7.22. The minimum Gasteiger partial charge on any atom is -0.481 e. The molecule has 1 N–H and O–H groups in total. The number of hydrogen-bond donors (Lipinski definition) is 1. The summed E-state index contributed by atoms with van der Waals surface area (Å²) in [5.41, 5.74) is -0.341. The number of halogens is 3. The van der Waals surface area contributed by atoms with Crippen LogP contribution in [0.25, 0.3) is 0 Å². The third-order valence-electron chi connectivity index (χ3n) is 5.27. The number of aromatic nitrogens is 2. The molecule has 0 spiro atoms. The SMILES string of the molecule is COc1cc(OC)nc([C@H]2CCCC[C@H]2C(=O)NCc2cccc(C(F)(F)F)c2)n1. The molecule has 1 fully saturated rings. The fourth-order valence-electron chi connectivity index (χ4n) is 3.73. The zero-order chi connectivity index (χ0) is 21.7. The molecule has 2 aromatic rings. The number of carbonyl (C=O) groups is 1. The van der Waals surface area contributed by atoms with Crippen LogP contribution in [0.4, 0.5) is 13.2 Å². The lowest BCUT2D eigenvalue weighted by Crippen LogP contribution is -2.36. The Hall–Kier alpha value is -2.84. The van der Waals surface area contributed by atoms with Gasteiger partial charge in [0, 0.05) is 18.4 Å². The number of hydrogen-bond acceptors (Lipinski definition) is 5. The van der Waals surface area contributed by atoms with Crippen molar-refractivity contribution in [1.29, 1.82) is 0 Å². The lowest BCUT2D eigenvalue weighted by molar-refractivity contribution is -0.137. The molecule has 162 valence electrons. The third-order valence-corrected chi connectivity index (χ3v) is 5.27. The molecule has 1 aromatic heterocycles. The van der Waals surface area contributed by atoms with Crippen molar-refractivity contribution in [2.45, 2.75) is 44.3 Å². The Labute approximate surface area is 172 Å². The number of rotatable bonds is 6. The number of nitrogens with zero attached hydrogens (tertiary/aromatic N) is 2. The summed E-state index contributed by atoms with van der Waals surface area (Å²) in [6, 6.07) is 6.52. The molecule has 6 nitrogen and oxygen atoms in total. The normalized spacial score (nSPS) is 19.2. The van der Waals surface area contributed by atoms with Crippen LogP contribution in [-0.2, 0) is 17.5 Å². The van der Waals surface area contributed by atoms with Crippen LogP contribution < -0.4 is 14.8 Å². The molecule has 30 heavy (non-hydrogen) atoms. The van der Waals surface area contributed by atoms with Crippen LogP contribution in [0.3, 0.4) is 0 Å². The van der Waals surface area contributed by atoms with E-state index in [1.165, 1.54) is 20.3 Å². The van der Waals surface area contributed by atoms with E-state index in [0.29, 0.717) is 29.6 Å². The van der Waals surface area contributed by atoms with Gasteiger partial charge in [0.25, 0.3) is 0 Å². The maximum absolute atomic E-state index is 12.9. The summed E-state index contributed by atoms with van der Waals surface area (Å²) >= 11 is 0. The zero-order valence-electron chi connectivity index (χ0n) is 16.8. The molecular formula is C21H24F3N3O3. The van der Waals surface area contributed by atoms with Gasteiger partial charge >= 0.3 is 6.18 Å². The van der Waals surface area contributed by atoms with E-state index in [0.717, 1.165) is 31.4 Å². The molecule has 2 atom stereocenters. The number of benzene rings is 1. The zero-order valence-corrected chi connectivity index (χ0v) is 16.8. The molecule has 1 saturated carbocycles. The second kappa shape index (κ2) is 9.32. The van der Waals surface area contributed by atoms with Crippen molar-refractivity contribution < 1.29 is 27.4 Å². The van der Waals surface area contributed by atoms with E-state index >= 15 is 0 Å². The number of methoxy groups -OCH3 is 2. The highest BCUT2D eigenvalue weighted by Crippen LogP contribution is 2.38. The van der Waals surface area contributed by atoms with E-state index in [-0.39, 0.29) is 24.3 Å². The maximum atomic E-state index is 12.9. The van der Waals surface area contributed by atoms with Gasteiger partial charge in [0.2, 0.25) is 17.7 Å². The smallest absolute Gasteiger partial charge is 0.416 e. The number of ether oxygens (including phenoxy) is 2. The standard InChI is InChI=1S/C21H24F3N3O3/c1-29-17-11-18(30-2)27-19(26-17)15-8-3-4-9-16(15)20(28)25-12-13-6-5-7-14(10-13)21(22,23)24/h5-7,10-11,15-16H,3-4,8-9,12H2,1-2H3,(H,25,28)/t15-,16+/m0/s1. The van der Waals surface area contributed by atoms with Gasteiger partial charge in [-0.25, -0.2) is 0 Å². The fourth-order valence-corrected chi connectivity index (χ4v) is 3.73. The maximum Gasteiger partial charge on any atom is 0.416 e. The molecule has 1 aliphatic rings. The van der Waals surface area contributed by atoms with Crippen molar-refractivity contribution in [2.24, 2.45) is 5.92 Å². The average molecular weight is 423 g/mol. The molecule has 1 aromatic carbocycles. The first kappa shape index (κ1) is 21.9. The monoisotopic (exact) mass is 423 g/mol. The molecule has 0 unspecified atom stereocenters. The van der Waals surface area contributed by atoms with Gasteiger partial charge in [-0.3, -0.25) is 4.79 Å². The molecule has 1 aliphatic carbocycles. The van der Waals surface area contributed by atoms with Crippen LogP contribution in [0.2, 0.25) is 0 Å². The summed E-state index contributed by atoms with van der Waals surface area (Å²) in [5.74, 6) is 0.370. The van der Waals surface area contributed by atoms with Crippen molar-refractivity contribution in [1.82, 2.24) is 15.3 Å². The molecule has 1 amide bonds. The highest BCUT2D eigenvalue weighted by Gasteiger charge is 2.35. The first-order valence-electron chi connectivity index (χ1n) is 9.72. The highest BCUT2D eigenvalue weighted by molar-refractivity contribution is 5.79. The van der Waals surface area contributed by atoms with E-state index < -0.39 is 11.7 Å². The Morgan fingerprint density at radius 3 is 2.40 bits per heavy atom. The van der Waals surface area contributed by atoms with Gasteiger partial charge < -0.3 is 14.8 Å². The van der Waals surface area contributed by atoms with Gasteiger partial charge in [-0.2, -0.15) is 23.1 Å². The highest BCUT2D eigenvalue weighted by atomic mass is 19.4. The van der Waals surface area contributed by atoms with E-state index in [2.05, 4.69) is 15.3 Å². The first-order valence-corrected chi connectivity index (χ1v) is 9.72. The summed E-state index contributed by atoms with van der Waals surface area (Å²) < 4.78 is 49.1. The van der Waals surface area contributed by atoms with E-state index in [9.17, 15) is 18.0 Å². The third kappa shape index (κ3) is 5.20. The molecule has 9 heteroatoms. The van der Waals surface area contributed by atoms with Gasteiger partial charge in [-0.05, 0) is 30.5 Å². The van der Waals surface area contributed by atoms with Crippen LogP contribution in [0, 0.1) is 5.92 Å². The lowest BCUT2D eigenvalue weighted by atomic mass is 9.78. The number of carbonyl (C=O) groups excluding carboxylic acids is 1. The molecule has 0 bridgehead atoms. The van der Waals surface area contributed by atoms with Crippen molar-refractivity contribution >= 4 is 5.91 Å². The van der Waals surface area contributed by atoms with E-state index in [1.807, 2.05) is 0 Å². The Balaban J connectivity index is 1.74. The predicted octanol–water partition coefficient (Wildman–Crippen LogP) is 4.10. The molecule has 0 aliphatic heterocycles. The molecule has 3 rings (SSSR count). The van der Waals surface area contributed by atoms with Crippen LogP contribution in [-0.4, -0.2) is 30.1 Å². The average Bonchev–Trinajstić information content (AvgIpc) is 2.76.